The number of nitrogens with one attached hydrogen (secondary N) is 3. The number of amides is 5. The van der Waals surface area contributed by atoms with Crippen LogP contribution in [-0.4, -0.2) is 75.9 Å². The summed E-state index contributed by atoms with van der Waals surface area (Å²) in [5.74, 6) is -3.20. The Morgan fingerprint density at radius 1 is 0.955 bits per heavy atom. The SMILES string of the molecule is CC(C)C1CCN(C(=O)[C@@H](NC(=O)N[C@H](C(=O)c2nccs2)C(C)(C)C)C(C)(C)C)[C@@H]1C(=O)NC(CC1CC1)C(=O)C(N)=O. The number of rotatable bonds is 12. The first-order chi connectivity index (χ1) is 20.3. The van der Waals surface area contributed by atoms with Gasteiger partial charge in [-0.25, -0.2) is 9.78 Å². The maximum atomic E-state index is 14.2. The number of likely N-dealkylation sites (tertiary alicyclic amines) is 1. The number of primary amides is 1. The zero-order chi connectivity index (χ0) is 33.1. The molecule has 0 aromatic carbocycles. The topological polar surface area (TPSA) is 181 Å². The van der Waals surface area contributed by atoms with Crippen molar-refractivity contribution in [1.29, 1.82) is 0 Å². The number of carbonyl (C=O) groups excluding carboxylic acids is 6. The zero-order valence-corrected chi connectivity index (χ0v) is 27.9. The minimum Gasteiger partial charge on any atom is -0.363 e. The number of aromatic nitrogens is 1. The fourth-order valence-corrected chi connectivity index (χ4v) is 6.31. The van der Waals surface area contributed by atoms with Crippen molar-refractivity contribution in [2.75, 3.05) is 6.54 Å². The summed E-state index contributed by atoms with van der Waals surface area (Å²) >= 11 is 1.18. The van der Waals surface area contributed by atoms with Crippen LogP contribution in [-0.2, 0) is 19.2 Å². The highest BCUT2D eigenvalue weighted by atomic mass is 32.1. The molecule has 13 heteroatoms. The minimum atomic E-state index is -1.11. The second-order valence-corrected chi connectivity index (χ2v) is 15.5. The van der Waals surface area contributed by atoms with Crippen LogP contribution in [0.3, 0.4) is 0 Å². The molecule has 1 saturated heterocycles. The van der Waals surface area contributed by atoms with Gasteiger partial charge in [-0.15, -0.1) is 11.3 Å². The number of hydrogen-bond acceptors (Lipinski definition) is 8. The monoisotopic (exact) mass is 632 g/mol. The summed E-state index contributed by atoms with van der Waals surface area (Å²) in [6.07, 6.45) is 4.22. The average molecular weight is 633 g/mol. The largest absolute Gasteiger partial charge is 0.363 e. The highest BCUT2D eigenvalue weighted by molar-refractivity contribution is 7.11. The Kier molecular flexibility index (Phi) is 11.0. The van der Waals surface area contributed by atoms with Gasteiger partial charge < -0.3 is 26.6 Å². The third-order valence-corrected chi connectivity index (χ3v) is 9.22. The number of Topliss-reactive ketones (excluding diaryl/α,β-unsaturated/α-hetero) is 2. The van der Waals surface area contributed by atoms with Crippen molar-refractivity contribution in [3.05, 3.63) is 16.6 Å². The van der Waals surface area contributed by atoms with Crippen molar-refractivity contribution >= 4 is 46.7 Å². The van der Waals surface area contributed by atoms with Gasteiger partial charge in [0.15, 0.2) is 5.01 Å². The van der Waals surface area contributed by atoms with Crippen molar-refractivity contribution in [2.24, 2.45) is 34.3 Å². The van der Waals surface area contributed by atoms with E-state index in [4.69, 9.17) is 5.73 Å². The molecule has 2 aliphatic rings. The van der Waals surface area contributed by atoms with Gasteiger partial charge in [0, 0.05) is 18.1 Å². The highest BCUT2D eigenvalue weighted by Gasteiger charge is 2.48. The van der Waals surface area contributed by atoms with Crippen LogP contribution >= 0.6 is 11.3 Å². The van der Waals surface area contributed by atoms with Crippen molar-refractivity contribution < 1.29 is 28.8 Å². The molecule has 1 aliphatic heterocycles. The van der Waals surface area contributed by atoms with Gasteiger partial charge >= 0.3 is 6.03 Å². The molecule has 12 nitrogen and oxygen atoms in total. The number of hydrogen-bond donors (Lipinski definition) is 4. The molecule has 5 amide bonds. The van der Waals surface area contributed by atoms with Gasteiger partial charge in [0.1, 0.15) is 18.1 Å². The maximum Gasteiger partial charge on any atom is 0.316 e. The standard InChI is InChI=1S/C31H48N6O6S/c1-16(2)18-11-13-37(20(18)26(41)34-19(15-17-9-10-17)21(38)25(32)40)28(42)24(31(6,7)8)36-29(43)35-23(30(3,4)5)22(39)27-33-12-14-44-27/h12,14,16-20,23-24H,9-11,13,15H2,1-8H3,(H2,32,40)(H,34,41)(H2,35,36,43)/t18?,19?,20-,23+,24+/m0/s1. The zero-order valence-electron chi connectivity index (χ0n) is 27.1. The number of urea groups is 1. The lowest BCUT2D eigenvalue weighted by molar-refractivity contribution is -0.144. The molecule has 2 heterocycles. The van der Waals surface area contributed by atoms with Crippen LogP contribution in [0.5, 0.6) is 0 Å². The summed E-state index contributed by atoms with van der Waals surface area (Å²) in [6.45, 7) is 15.1. The third-order valence-electron chi connectivity index (χ3n) is 8.43. The first-order valence-electron chi connectivity index (χ1n) is 15.3. The quantitative estimate of drug-likeness (QED) is 0.202. The van der Waals surface area contributed by atoms with Crippen LogP contribution in [0.1, 0.15) is 90.9 Å². The lowest BCUT2D eigenvalue weighted by atomic mass is 9.83. The fraction of sp³-hybridized carbons (Fsp3) is 0.710. The Morgan fingerprint density at radius 3 is 2.02 bits per heavy atom. The molecule has 44 heavy (non-hydrogen) atoms. The molecular weight excluding hydrogens is 584 g/mol. The smallest absolute Gasteiger partial charge is 0.316 e. The lowest BCUT2D eigenvalue weighted by Gasteiger charge is -2.37. The molecule has 2 fully saturated rings. The van der Waals surface area contributed by atoms with Gasteiger partial charge in [-0.3, -0.25) is 24.0 Å². The minimum absolute atomic E-state index is 0.0334. The van der Waals surface area contributed by atoms with E-state index in [0.29, 0.717) is 12.8 Å². The van der Waals surface area contributed by atoms with Crippen LogP contribution in [0.25, 0.3) is 0 Å². The molecular formula is C31H48N6O6S. The normalized spacial score (nSPS) is 20.9. The Hall–Kier alpha value is -3.35. The van der Waals surface area contributed by atoms with E-state index in [9.17, 15) is 28.8 Å². The van der Waals surface area contributed by atoms with Crippen molar-refractivity contribution in [3.63, 3.8) is 0 Å². The summed E-state index contributed by atoms with van der Waals surface area (Å²) in [7, 11) is 0. The molecule has 0 radical (unpaired) electrons. The van der Waals surface area contributed by atoms with Crippen LogP contribution < -0.4 is 21.7 Å². The predicted molar refractivity (Wildman–Crippen MR) is 167 cm³/mol. The van der Waals surface area contributed by atoms with E-state index in [0.717, 1.165) is 12.8 Å². The Morgan fingerprint density at radius 2 is 1.55 bits per heavy atom. The lowest BCUT2D eigenvalue weighted by Crippen LogP contribution is -2.62. The predicted octanol–water partition coefficient (Wildman–Crippen LogP) is 2.67. The van der Waals surface area contributed by atoms with Crippen LogP contribution in [0.2, 0.25) is 0 Å². The Labute approximate surface area is 263 Å². The van der Waals surface area contributed by atoms with Crippen molar-refractivity contribution in [3.8, 4) is 0 Å². The molecule has 1 aromatic heterocycles. The number of nitrogens with two attached hydrogens (primary N) is 1. The molecule has 1 saturated carbocycles. The first kappa shape index (κ1) is 35.1. The molecule has 0 spiro atoms. The van der Waals surface area contributed by atoms with Crippen LogP contribution in [0.15, 0.2) is 11.6 Å². The fourth-order valence-electron chi connectivity index (χ4n) is 5.71. The number of ketones is 2. The van der Waals surface area contributed by atoms with Gasteiger partial charge in [-0.1, -0.05) is 68.2 Å². The van der Waals surface area contributed by atoms with Crippen molar-refractivity contribution in [1.82, 2.24) is 25.8 Å². The summed E-state index contributed by atoms with van der Waals surface area (Å²) < 4.78 is 0. The van der Waals surface area contributed by atoms with E-state index in [1.807, 2.05) is 34.6 Å². The van der Waals surface area contributed by atoms with Gasteiger partial charge in [0.05, 0.1) is 6.04 Å². The number of carbonyl (C=O) groups is 6. The van der Waals surface area contributed by atoms with Gasteiger partial charge in [0.2, 0.25) is 23.4 Å². The summed E-state index contributed by atoms with van der Waals surface area (Å²) in [4.78, 5) is 84.5. The van der Waals surface area contributed by atoms with Gasteiger partial charge in [-0.2, -0.15) is 0 Å². The molecule has 0 bridgehead atoms. The molecule has 1 aliphatic carbocycles. The van der Waals surface area contributed by atoms with E-state index >= 15 is 0 Å². The molecule has 3 rings (SSSR count). The van der Waals surface area contributed by atoms with Crippen LogP contribution in [0.4, 0.5) is 4.79 Å². The van der Waals surface area contributed by atoms with E-state index in [1.165, 1.54) is 22.4 Å². The first-order valence-corrected chi connectivity index (χ1v) is 16.2. The third kappa shape index (κ3) is 8.64. The highest BCUT2D eigenvalue weighted by Crippen LogP contribution is 2.36. The van der Waals surface area contributed by atoms with Crippen LogP contribution in [0, 0.1) is 28.6 Å². The van der Waals surface area contributed by atoms with E-state index < -0.39 is 64.5 Å². The van der Waals surface area contributed by atoms with Gasteiger partial charge in [0.25, 0.3) is 5.91 Å². The van der Waals surface area contributed by atoms with Gasteiger partial charge in [-0.05, 0) is 41.4 Å². The summed E-state index contributed by atoms with van der Waals surface area (Å²) in [5, 5.41) is 10.3. The number of nitrogens with zero attached hydrogens (tertiary/aromatic N) is 2. The average Bonchev–Trinajstić information content (AvgIpc) is 3.37. The molecule has 2 unspecified atom stereocenters. The molecule has 1 aromatic rings. The van der Waals surface area contributed by atoms with E-state index in [1.54, 1.807) is 26.2 Å². The van der Waals surface area contributed by atoms with E-state index in [2.05, 4.69) is 20.9 Å². The van der Waals surface area contributed by atoms with E-state index in [-0.39, 0.29) is 35.1 Å². The molecule has 5 atom stereocenters. The van der Waals surface area contributed by atoms with Crippen molar-refractivity contribution in [2.45, 2.75) is 105 Å². The summed E-state index contributed by atoms with van der Waals surface area (Å²) in [5.41, 5.74) is 3.87. The Bertz CT molecular complexity index is 1250. The molecule has 5 N–H and O–H groups in total. The number of thiazole rings is 1. The summed E-state index contributed by atoms with van der Waals surface area (Å²) in [6, 6.07) is -4.61. The maximum absolute atomic E-state index is 14.2. The molecule has 244 valence electrons. The second-order valence-electron chi connectivity index (χ2n) is 14.6. The Balaban J connectivity index is 1.84. The second kappa shape index (κ2) is 13.7.